The number of aromatic nitrogens is 2. The van der Waals surface area contributed by atoms with Crippen LogP contribution in [0.5, 0.6) is 0 Å². The van der Waals surface area contributed by atoms with Gasteiger partial charge in [-0.2, -0.15) is 0 Å². The Kier molecular flexibility index (Phi) is 7.42. The van der Waals surface area contributed by atoms with Crippen molar-refractivity contribution in [3.05, 3.63) is 78.9 Å². The summed E-state index contributed by atoms with van der Waals surface area (Å²) in [4.78, 5) is 16.1. The fourth-order valence-electron chi connectivity index (χ4n) is 2.74. The maximum absolute atomic E-state index is 12.0. The summed E-state index contributed by atoms with van der Waals surface area (Å²) in [5.41, 5.74) is 3.30. The van der Waals surface area contributed by atoms with E-state index in [1.54, 1.807) is 12.5 Å². The smallest absolute Gasteiger partial charge is 0.306 e. The number of rotatable bonds is 7. The normalized spacial score (nSPS) is 11.4. The third-order valence-corrected chi connectivity index (χ3v) is 4.05. The number of imidazole rings is 1. The van der Waals surface area contributed by atoms with Gasteiger partial charge in [0.2, 0.25) is 0 Å². The summed E-state index contributed by atoms with van der Waals surface area (Å²) < 4.78 is 7.63. The number of halogens is 1. The SMILES string of the molecule is CCCC(=O)OC(Cn1ccnc1)c1ccc(-c2ccccc2)cc1.Cl. The van der Waals surface area contributed by atoms with Crippen molar-refractivity contribution in [2.75, 3.05) is 0 Å². The Hall–Kier alpha value is -2.59. The Labute approximate surface area is 160 Å². The number of carbonyl (C=O) groups excluding carboxylic acids is 1. The molecule has 1 heterocycles. The van der Waals surface area contributed by atoms with Crippen molar-refractivity contribution in [3.63, 3.8) is 0 Å². The molecule has 0 aliphatic carbocycles. The quantitative estimate of drug-likeness (QED) is 0.546. The molecule has 0 saturated carbocycles. The highest BCUT2D eigenvalue weighted by Crippen LogP contribution is 2.25. The number of nitrogens with zero attached hydrogens (tertiary/aromatic N) is 2. The van der Waals surface area contributed by atoms with Crippen LogP contribution in [-0.4, -0.2) is 15.5 Å². The van der Waals surface area contributed by atoms with Gasteiger partial charge in [-0.05, 0) is 23.1 Å². The second-order valence-electron chi connectivity index (χ2n) is 5.98. The van der Waals surface area contributed by atoms with Crippen LogP contribution in [0.15, 0.2) is 73.3 Å². The van der Waals surface area contributed by atoms with E-state index in [0.717, 1.165) is 17.5 Å². The van der Waals surface area contributed by atoms with Crippen LogP contribution in [-0.2, 0) is 16.1 Å². The molecule has 0 saturated heterocycles. The van der Waals surface area contributed by atoms with E-state index in [0.29, 0.717) is 13.0 Å². The number of ether oxygens (including phenoxy) is 1. The van der Waals surface area contributed by atoms with Gasteiger partial charge in [0, 0.05) is 18.8 Å². The van der Waals surface area contributed by atoms with Crippen LogP contribution >= 0.6 is 12.4 Å². The predicted octanol–water partition coefficient (Wildman–Crippen LogP) is 5.06. The second-order valence-corrected chi connectivity index (χ2v) is 5.98. The Morgan fingerprint density at radius 1 is 1.08 bits per heavy atom. The van der Waals surface area contributed by atoms with Gasteiger partial charge in [-0.1, -0.05) is 61.5 Å². The summed E-state index contributed by atoms with van der Waals surface area (Å²) in [6.07, 6.45) is 6.23. The van der Waals surface area contributed by atoms with Gasteiger partial charge >= 0.3 is 5.97 Å². The molecule has 136 valence electrons. The van der Waals surface area contributed by atoms with Crippen molar-refractivity contribution in [1.82, 2.24) is 9.55 Å². The molecule has 5 heteroatoms. The molecule has 1 atom stereocenters. The highest BCUT2D eigenvalue weighted by atomic mass is 35.5. The second kappa shape index (κ2) is 9.78. The van der Waals surface area contributed by atoms with Crippen molar-refractivity contribution >= 4 is 18.4 Å². The first kappa shape index (κ1) is 19.7. The highest BCUT2D eigenvalue weighted by molar-refractivity contribution is 5.85. The number of hydrogen-bond donors (Lipinski definition) is 0. The number of esters is 1. The van der Waals surface area contributed by atoms with Crippen LogP contribution in [0.25, 0.3) is 11.1 Å². The van der Waals surface area contributed by atoms with Crippen LogP contribution in [0.3, 0.4) is 0 Å². The molecular weight excluding hydrogens is 348 g/mol. The van der Waals surface area contributed by atoms with Gasteiger partial charge in [-0.25, -0.2) is 4.98 Å². The Bertz CT molecular complexity index is 787. The number of carbonyl (C=O) groups is 1. The molecule has 1 aromatic heterocycles. The third-order valence-electron chi connectivity index (χ3n) is 4.05. The molecule has 1 unspecified atom stereocenters. The summed E-state index contributed by atoms with van der Waals surface area (Å²) >= 11 is 0. The van der Waals surface area contributed by atoms with Gasteiger partial charge in [-0.3, -0.25) is 4.79 Å². The largest absolute Gasteiger partial charge is 0.456 e. The lowest BCUT2D eigenvalue weighted by molar-refractivity contribution is -0.150. The molecule has 0 spiro atoms. The maximum Gasteiger partial charge on any atom is 0.306 e. The molecule has 0 aliphatic heterocycles. The zero-order chi connectivity index (χ0) is 17.5. The van der Waals surface area contributed by atoms with Crippen LogP contribution in [0, 0.1) is 0 Å². The molecule has 0 aliphatic rings. The summed E-state index contributed by atoms with van der Waals surface area (Å²) in [7, 11) is 0. The van der Waals surface area contributed by atoms with Crippen LogP contribution in [0.4, 0.5) is 0 Å². The Balaban J connectivity index is 0.00000243. The molecule has 4 nitrogen and oxygen atoms in total. The number of benzene rings is 2. The fraction of sp³-hybridized carbons (Fsp3) is 0.238. The molecule has 2 aromatic carbocycles. The minimum atomic E-state index is -0.321. The molecule has 0 fully saturated rings. The lowest BCUT2D eigenvalue weighted by Gasteiger charge is -2.19. The highest BCUT2D eigenvalue weighted by Gasteiger charge is 2.17. The minimum Gasteiger partial charge on any atom is -0.456 e. The van der Waals surface area contributed by atoms with Gasteiger partial charge in [0.25, 0.3) is 0 Å². The van der Waals surface area contributed by atoms with Crippen molar-refractivity contribution in [1.29, 1.82) is 0 Å². The van der Waals surface area contributed by atoms with Crippen molar-refractivity contribution in [2.45, 2.75) is 32.4 Å². The van der Waals surface area contributed by atoms with E-state index in [4.69, 9.17) is 4.74 Å². The van der Waals surface area contributed by atoms with E-state index in [2.05, 4.69) is 29.2 Å². The third kappa shape index (κ3) is 5.20. The van der Waals surface area contributed by atoms with E-state index in [-0.39, 0.29) is 24.5 Å². The topological polar surface area (TPSA) is 44.1 Å². The first-order valence-electron chi connectivity index (χ1n) is 8.57. The van der Waals surface area contributed by atoms with E-state index in [9.17, 15) is 4.79 Å². The van der Waals surface area contributed by atoms with Gasteiger partial charge in [-0.15, -0.1) is 12.4 Å². The van der Waals surface area contributed by atoms with Crippen molar-refractivity contribution in [3.8, 4) is 11.1 Å². The summed E-state index contributed by atoms with van der Waals surface area (Å²) in [6, 6.07) is 18.4. The van der Waals surface area contributed by atoms with Crippen molar-refractivity contribution < 1.29 is 9.53 Å². The van der Waals surface area contributed by atoms with Crippen LogP contribution in [0.2, 0.25) is 0 Å². The summed E-state index contributed by atoms with van der Waals surface area (Å²) in [5.74, 6) is -0.167. The monoisotopic (exact) mass is 370 g/mol. The first-order chi connectivity index (χ1) is 12.3. The molecule has 0 amide bonds. The van der Waals surface area contributed by atoms with E-state index >= 15 is 0 Å². The van der Waals surface area contributed by atoms with Crippen LogP contribution < -0.4 is 0 Å². The molecule has 0 radical (unpaired) electrons. The molecular formula is C21H23ClN2O2. The van der Waals surface area contributed by atoms with Gasteiger partial charge in [0.05, 0.1) is 12.9 Å². The lowest BCUT2D eigenvalue weighted by atomic mass is 10.0. The average molecular weight is 371 g/mol. The predicted molar refractivity (Wildman–Crippen MR) is 105 cm³/mol. The first-order valence-corrected chi connectivity index (χ1v) is 8.57. The summed E-state index contributed by atoms with van der Waals surface area (Å²) in [6.45, 7) is 2.53. The summed E-state index contributed by atoms with van der Waals surface area (Å²) in [5, 5.41) is 0. The number of hydrogen-bond acceptors (Lipinski definition) is 3. The maximum atomic E-state index is 12.0. The van der Waals surface area contributed by atoms with Crippen molar-refractivity contribution in [2.24, 2.45) is 0 Å². The fourth-order valence-corrected chi connectivity index (χ4v) is 2.74. The zero-order valence-electron chi connectivity index (χ0n) is 14.7. The van der Waals surface area contributed by atoms with Gasteiger partial charge in [0.1, 0.15) is 6.10 Å². The Morgan fingerprint density at radius 2 is 1.77 bits per heavy atom. The average Bonchev–Trinajstić information content (AvgIpc) is 3.15. The molecule has 0 N–H and O–H groups in total. The van der Waals surface area contributed by atoms with Crippen LogP contribution in [0.1, 0.15) is 31.4 Å². The lowest BCUT2D eigenvalue weighted by Crippen LogP contribution is -2.16. The van der Waals surface area contributed by atoms with E-state index in [1.807, 2.05) is 48.0 Å². The van der Waals surface area contributed by atoms with Gasteiger partial charge < -0.3 is 9.30 Å². The zero-order valence-corrected chi connectivity index (χ0v) is 15.6. The van der Waals surface area contributed by atoms with E-state index < -0.39 is 0 Å². The molecule has 26 heavy (non-hydrogen) atoms. The standard InChI is InChI=1S/C21H22N2O2.ClH/c1-2-6-21(24)25-20(15-23-14-13-22-16-23)19-11-9-18(10-12-19)17-7-4-3-5-8-17;/h3-5,7-14,16,20H,2,6,15H2,1H3;1H. The molecule has 3 aromatic rings. The minimum absolute atomic E-state index is 0. The Morgan fingerprint density at radius 3 is 2.38 bits per heavy atom. The molecule has 0 bridgehead atoms. The molecule has 3 rings (SSSR count). The van der Waals surface area contributed by atoms with Gasteiger partial charge in [0.15, 0.2) is 0 Å². The van der Waals surface area contributed by atoms with E-state index in [1.165, 1.54) is 5.56 Å².